The highest BCUT2D eigenvalue weighted by Crippen LogP contribution is 2.20. The number of nitrogens with one attached hydrogen (secondary N) is 1. The molecule has 18 heavy (non-hydrogen) atoms. The second-order valence-corrected chi connectivity index (χ2v) is 5.35. The quantitative estimate of drug-likeness (QED) is 0.684. The third-order valence-electron chi connectivity index (χ3n) is 2.86. The Morgan fingerprint density at radius 3 is 2.56 bits per heavy atom. The summed E-state index contributed by atoms with van der Waals surface area (Å²) < 4.78 is 0. The molecule has 1 heterocycles. The summed E-state index contributed by atoms with van der Waals surface area (Å²) in [6, 6.07) is 22.2. The molecule has 3 rings (SSSR count). The average Bonchev–Trinajstić information content (AvgIpc) is 2.82. The van der Waals surface area contributed by atoms with Crippen molar-refractivity contribution in [3.63, 3.8) is 0 Å². The van der Waals surface area contributed by atoms with Gasteiger partial charge in [0, 0.05) is 33.3 Å². The largest absolute Gasteiger partial charge is 0.358 e. The van der Waals surface area contributed by atoms with Crippen LogP contribution in [0.2, 0.25) is 0 Å². The van der Waals surface area contributed by atoms with E-state index < -0.39 is 0 Å². The van der Waals surface area contributed by atoms with Gasteiger partial charge in [-0.2, -0.15) is 0 Å². The van der Waals surface area contributed by atoms with Gasteiger partial charge in [-0.3, -0.25) is 0 Å². The first kappa shape index (κ1) is 11.4. The number of hydrogen-bond acceptors (Lipinski definition) is 1. The van der Waals surface area contributed by atoms with Crippen LogP contribution in [0, 0.1) is 6.07 Å². The number of aromatic amines is 1. The van der Waals surface area contributed by atoms with Gasteiger partial charge >= 0.3 is 0 Å². The predicted octanol–water partition coefficient (Wildman–Crippen LogP) is 4.30. The summed E-state index contributed by atoms with van der Waals surface area (Å²) in [4.78, 5) is 4.74. The molecule has 0 bridgehead atoms. The Hall–Kier alpha value is -1.67. The van der Waals surface area contributed by atoms with Crippen molar-refractivity contribution in [1.82, 2.24) is 4.98 Å². The van der Waals surface area contributed by atoms with Crippen LogP contribution in [-0.2, 0) is 6.42 Å². The molecule has 0 saturated heterocycles. The van der Waals surface area contributed by atoms with E-state index in [1.807, 2.05) is 11.8 Å². The molecule has 2 aromatic carbocycles. The molecule has 0 spiro atoms. The maximum absolute atomic E-state index is 3.41. The highest BCUT2D eigenvalue weighted by atomic mass is 32.2. The first-order valence-corrected chi connectivity index (χ1v) is 7.07. The number of rotatable bonds is 4. The summed E-state index contributed by atoms with van der Waals surface area (Å²) >= 11 is 1.89. The Morgan fingerprint density at radius 2 is 1.72 bits per heavy atom. The van der Waals surface area contributed by atoms with E-state index in [0.29, 0.717) is 0 Å². The smallest absolute Gasteiger partial charge is 0.0462 e. The fraction of sp³-hybridized carbons (Fsp3) is 0.125. The number of H-pyrrole nitrogens is 1. The molecule has 89 valence electrons. The molecule has 1 radical (unpaired) electrons. The zero-order valence-corrected chi connectivity index (χ0v) is 10.8. The number of hydrogen-bond donors (Lipinski definition) is 1. The minimum Gasteiger partial charge on any atom is -0.358 e. The molecule has 1 nitrogen and oxygen atoms in total. The number of aromatic nitrogens is 1. The zero-order chi connectivity index (χ0) is 12.2. The van der Waals surface area contributed by atoms with Gasteiger partial charge in [0.05, 0.1) is 0 Å². The van der Waals surface area contributed by atoms with Gasteiger partial charge in [-0.25, -0.2) is 0 Å². The van der Waals surface area contributed by atoms with Gasteiger partial charge in [0.25, 0.3) is 0 Å². The predicted molar refractivity (Wildman–Crippen MR) is 78.0 cm³/mol. The summed E-state index contributed by atoms with van der Waals surface area (Å²) in [5.74, 6) is 1.08. The van der Waals surface area contributed by atoms with Gasteiger partial charge in [-0.1, -0.05) is 36.4 Å². The Labute approximate surface area is 111 Å². The topological polar surface area (TPSA) is 15.8 Å². The van der Waals surface area contributed by atoms with E-state index in [9.17, 15) is 0 Å². The average molecular weight is 252 g/mol. The molecule has 0 saturated carbocycles. The van der Waals surface area contributed by atoms with Crippen LogP contribution in [-0.4, -0.2) is 10.7 Å². The summed E-state index contributed by atoms with van der Waals surface area (Å²) in [6.45, 7) is 0. The number of fused-ring (bicyclic) bond motifs is 1. The molecular weight excluding hydrogens is 238 g/mol. The van der Waals surface area contributed by atoms with Crippen LogP contribution in [0.3, 0.4) is 0 Å². The number of aryl methyl sites for hydroxylation is 1. The van der Waals surface area contributed by atoms with Gasteiger partial charge in [-0.15, -0.1) is 11.8 Å². The van der Waals surface area contributed by atoms with E-state index in [-0.39, 0.29) is 0 Å². The van der Waals surface area contributed by atoms with Crippen LogP contribution in [0.15, 0.2) is 59.5 Å². The van der Waals surface area contributed by atoms with Crippen LogP contribution in [0.25, 0.3) is 10.9 Å². The van der Waals surface area contributed by atoms with Crippen molar-refractivity contribution in [1.29, 1.82) is 0 Å². The molecule has 1 N–H and O–H groups in total. The Bertz CT molecular complexity index is 595. The maximum atomic E-state index is 3.41. The van der Waals surface area contributed by atoms with Crippen molar-refractivity contribution in [3.05, 3.63) is 66.4 Å². The molecule has 0 fully saturated rings. The van der Waals surface area contributed by atoms with Gasteiger partial charge in [0.1, 0.15) is 0 Å². The first-order chi connectivity index (χ1) is 8.92. The van der Waals surface area contributed by atoms with Gasteiger partial charge in [0.2, 0.25) is 0 Å². The summed E-state index contributed by atoms with van der Waals surface area (Å²) in [7, 11) is 0. The van der Waals surface area contributed by atoms with Crippen LogP contribution in [0.1, 0.15) is 5.69 Å². The fourth-order valence-corrected chi connectivity index (χ4v) is 2.86. The molecule has 0 aliphatic heterocycles. The second-order valence-electron chi connectivity index (χ2n) is 4.19. The SMILES string of the molecule is [c]1c(CCSc2ccccc2)[nH]c2ccccc12. The Morgan fingerprint density at radius 1 is 0.944 bits per heavy atom. The Kier molecular flexibility index (Phi) is 3.37. The normalized spacial score (nSPS) is 10.9. The van der Waals surface area contributed by atoms with Crippen LogP contribution >= 0.6 is 11.8 Å². The van der Waals surface area contributed by atoms with Crippen LogP contribution < -0.4 is 0 Å². The molecule has 3 aromatic rings. The van der Waals surface area contributed by atoms with E-state index in [2.05, 4.69) is 65.6 Å². The third kappa shape index (κ3) is 2.59. The number of para-hydroxylation sites is 1. The van der Waals surface area contributed by atoms with E-state index in [4.69, 9.17) is 0 Å². The second kappa shape index (κ2) is 5.32. The third-order valence-corrected chi connectivity index (χ3v) is 3.88. The summed E-state index contributed by atoms with van der Waals surface area (Å²) in [5, 5.41) is 1.18. The van der Waals surface area contributed by atoms with Crippen LogP contribution in [0.5, 0.6) is 0 Å². The fourth-order valence-electron chi connectivity index (χ4n) is 1.97. The van der Waals surface area contributed by atoms with Crippen molar-refractivity contribution in [3.8, 4) is 0 Å². The highest BCUT2D eigenvalue weighted by molar-refractivity contribution is 7.99. The summed E-state index contributed by atoms with van der Waals surface area (Å²) in [5.41, 5.74) is 2.37. The molecule has 0 aliphatic carbocycles. The van der Waals surface area contributed by atoms with Crippen molar-refractivity contribution < 1.29 is 0 Å². The Balaban J connectivity index is 1.63. The van der Waals surface area contributed by atoms with Crippen molar-refractivity contribution in [2.45, 2.75) is 11.3 Å². The number of benzene rings is 2. The highest BCUT2D eigenvalue weighted by Gasteiger charge is 2.01. The number of thioether (sulfide) groups is 1. The lowest BCUT2D eigenvalue weighted by Crippen LogP contribution is -1.88. The van der Waals surface area contributed by atoms with Crippen molar-refractivity contribution >= 4 is 22.7 Å². The monoisotopic (exact) mass is 252 g/mol. The lowest BCUT2D eigenvalue weighted by Gasteiger charge is -1.99. The molecular formula is C16H14NS. The van der Waals surface area contributed by atoms with E-state index in [1.165, 1.54) is 21.5 Å². The molecule has 0 atom stereocenters. The molecule has 0 unspecified atom stereocenters. The lowest BCUT2D eigenvalue weighted by atomic mass is 10.2. The van der Waals surface area contributed by atoms with Gasteiger partial charge in [0.15, 0.2) is 0 Å². The van der Waals surface area contributed by atoms with E-state index in [0.717, 1.165) is 12.2 Å². The van der Waals surface area contributed by atoms with Crippen molar-refractivity contribution in [2.75, 3.05) is 5.75 Å². The summed E-state index contributed by atoms with van der Waals surface area (Å²) in [6.07, 6.45) is 1.02. The van der Waals surface area contributed by atoms with Gasteiger partial charge in [-0.05, 0) is 24.6 Å². The minimum atomic E-state index is 1.02. The zero-order valence-electron chi connectivity index (χ0n) is 10.0. The molecule has 0 aliphatic rings. The van der Waals surface area contributed by atoms with Crippen LogP contribution in [0.4, 0.5) is 0 Å². The lowest BCUT2D eigenvalue weighted by molar-refractivity contribution is 1.08. The van der Waals surface area contributed by atoms with Gasteiger partial charge < -0.3 is 4.98 Å². The van der Waals surface area contributed by atoms with E-state index >= 15 is 0 Å². The first-order valence-electron chi connectivity index (χ1n) is 6.08. The maximum Gasteiger partial charge on any atom is 0.0462 e. The standard InChI is InChI=1S/C16H14NS/c1-2-7-15(8-3-1)18-11-10-14-12-13-6-4-5-9-16(13)17-14/h1-9,17H,10-11H2. The molecule has 0 amide bonds. The molecule has 2 heteroatoms. The minimum absolute atomic E-state index is 1.02. The van der Waals surface area contributed by atoms with E-state index in [1.54, 1.807) is 0 Å². The van der Waals surface area contributed by atoms with Crippen molar-refractivity contribution in [2.24, 2.45) is 0 Å². The molecule has 1 aromatic heterocycles.